The lowest BCUT2D eigenvalue weighted by molar-refractivity contribution is -0.135. The van der Waals surface area contributed by atoms with Crippen molar-refractivity contribution >= 4 is 17.7 Å². The van der Waals surface area contributed by atoms with Crippen LogP contribution in [0.25, 0.3) is 0 Å². The third-order valence-corrected chi connectivity index (χ3v) is 3.01. The highest BCUT2D eigenvalue weighted by atomic mass is 16.6. The fourth-order valence-corrected chi connectivity index (χ4v) is 1.94. The minimum atomic E-state index is -1.18. The highest BCUT2D eigenvalue weighted by Crippen LogP contribution is 2.17. The number of carbonyl (C=O) groups is 2. The zero-order valence-corrected chi connectivity index (χ0v) is 12.2. The summed E-state index contributed by atoms with van der Waals surface area (Å²) in [6.45, 7) is -0.518. The first kappa shape index (κ1) is 16.0. The Bertz CT molecular complexity index is 738. The summed E-state index contributed by atoms with van der Waals surface area (Å²) in [6.07, 6.45) is -0.786. The maximum absolute atomic E-state index is 12.2. The third-order valence-electron chi connectivity index (χ3n) is 3.01. The van der Waals surface area contributed by atoms with Crippen LogP contribution in [0.15, 0.2) is 54.6 Å². The molecule has 0 unspecified atom stereocenters. The highest BCUT2D eigenvalue weighted by molar-refractivity contribution is 5.93. The van der Waals surface area contributed by atoms with Crippen molar-refractivity contribution in [1.29, 1.82) is 5.26 Å². The van der Waals surface area contributed by atoms with Gasteiger partial charge in [-0.25, -0.2) is 4.79 Å². The van der Waals surface area contributed by atoms with Gasteiger partial charge in [0.05, 0.1) is 11.6 Å². The number of benzene rings is 2. The molecule has 0 radical (unpaired) electrons. The Morgan fingerprint density at radius 2 is 1.87 bits per heavy atom. The average molecular weight is 310 g/mol. The van der Waals surface area contributed by atoms with Crippen LogP contribution in [0, 0.1) is 11.3 Å². The minimum Gasteiger partial charge on any atom is -0.480 e. The Morgan fingerprint density at radius 3 is 2.52 bits per heavy atom. The van der Waals surface area contributed by atoms with E-state index in [2.05, 4.69) is 0 Å². The van der Waals surface area contributed by atoms with E-state index in [1.807, 2.05) is 24.3 Å². The predicted molar refractivity (Wildman–Crippen MR) is 82.8 cm³/mol. The van der Waals surface area contributed by atoms with Gasteiger partial charge in [0.1, 0.15) is 13.2 Å². The highest BCUT2D eigenvalue weighted by Gasteiger charge is 2.20. The van der Waals surface area contributed by atoms with E-state index in [0.29, 0.717) is 11.3 Å². The van der Waals surface area contributed by atoms with Crippen molar-refractivity contribution in [1.82, 2.24) is 0 Å². The van der Waals surface area contributed by atoms with E-state index in [-0.39, 0.29) is 6.61 Å². The molecule has 0 saturated heterocycles. The lowest BCUT2D eigenvalue weighted by atomic mass is 10.2. The summed E-state index contributed by atoms with van der Waals surface area (Å²) < 4.78 is 5.16. The normalized spacial score (nSPS) is 9.70. The molecule has 1 amide bonds. The molecule has 1 N–H and O–H groups in total. The maximum Gasteiger partial charge on any atom is 0.415 e. The van der Waals surface area contributed by atoms with E-state index in [1.54, 1.807) is 30.3 Å². The van der Waals surface area contributed by atoms with Gasteiger partial charge < -0.3 is 9.84 Å². The summed E-state index contributed by atoms with van der Waals surface area (Å²) in [5.74, 6) is -1.18. The fraction of sp³-hybridized carbons (Fsp3) is 0.118. The lowest BCUT2D eigenvalue weighted by Gasteiger charge is -2.20. The predicted octanol–water partition coefficient (Wildman–Crippen LogP) is 2.79. The van der Waals surface area contributed by atoms with Crippen LogP contribution in [-0.2, 0) is 16.1 Å². The molecule has 0 aliphatic carbocycles. The van der Waals surface area contributed by atoms with Crippen LogP contribution < -0.4 is 4.90 Å². The van der Waals surface area contributed by atoms with Crippen molar-refractivity contribution in [3.8, 4) is 6.07 Å². The minimum absolute atomic E-state index is 0.0354. The SMILES string of the molecule is N#Cc1cccc(N(CC(=O)O)C(=O)OCc2ccccc2)c1. The van der Waals surface area contributed by atoms with Crippen molar-refractivity contribution in [3.05, 3.63) is 65.7 Å². The maximum atomic E-state index is 12.2. The average Bonchev–Trinajstić information content (AvgIpc) is 2.58. The molecule has 0 spiro atoms. The number of hydrogen-bond donors (Lipinski definition) is 1. The molecule has 0 fully saturated rings. The first-order valence-corrected chi connectivity index (χ1v) is 6.80. The molecule has 116 valence electrons. The number of carboxylic acid groups (broad SMARTS) is 1. The topological polar surface area (TPSA) is 90.6 Å². The number of ether oxygens (including phenoxy) is 1. The number of rotatable bonds is 5. The summed E-state index contributed by atoms with van der Waals surface area (Å²) in [5, 5.41) is 17.9. The quantitative estimate of drug-likeness (QED) is 0.917. The van der Waals surface area contributed by atoms with E-state index < -0.39 is 18.6 Å². The van der Waals surface area contributed by atoms with Gasteiger partial charge in [0.2, 0.25) is 0 Å². The standard InChI is InChI=1S/C17H14N2O4/c18-10-14-7-4-8-15(9-14)19(11-16(20)21)17(22)23-12-13-5-2-1-3-6-13/h1-9H,11-12H2,(H,20,21). The molecule has 0 bridgehead atoms. The van der Waals surface area contributed by atoms with Crippen molar-refractivity contribution in [2.45, 2.75) is 6.61 Å². The van der Waals surface area contributed by atoms with Crippen molar-refractivity contribution in [2.75, 3.05) is 11.4 Å². The van der Waals surface area contributed by atoms with Crippen LogP contribution in [-0.4, -0.2) is 23.7 Å². The Balaban J connectivity index is 2.15. The molecule has 2 aromatic carbocycles. The van der Waals surface area contributed by atoms with Gasteiger partial charge in [-0.2, -0.15) is 5.26 Å². The van der Waals surface area contributed by atoms with Crippen LogP contribution in [0.3, 0.4) is 0 Å². The molecule has 0 aromatic heterocycles. The molecule has 0 aliphatic rings. The van der Waals surface area contributed by atoms with Gasteiger partial charge in [-0.15, -0.1) is 0 Å². The number of hydrogen-bond acceptors (Lipinski definition) is 4. The Labute approximate surface area is 133 Å². The van der Waals surface area contributed by atoms with E-state index in [9.17, 15) is 9.59 Å². The third kappa shape index (κ3) is 4.58. The molecule has 0 saturated carbocycles. The molecular formula is C17H14N2O4. The van der Waals surface area contributed by atoms with Crippen molar-refractivity contribution in [2.24, 2.45) is 0 Å². The molecule has 0 atom stereocenters. The monoisotopic (exact) mass is 310 g/mol. The number of carboxylic acids is 1. The largest absolute Gasteiger partial charge is 0.480 e. The van der Waals surface area contributed by atoms with Gasteiger partial charge in [-0.1, -0.05) is 36.4 Å². The second-order valence-electron chi connectivity index (χ2n) is 4.68. The second-order valence-corrected chi connectivity index (χ2v) is 4.68. The Kier molecular flexibility index (Phi) is 5.31. The summed E-state index contributed by atoms with van der Waals surface area (Å²) in [7, 11) is 0. The van der Waals surface area contributed by atoms with E-state index in [1.165, 1.54) is 6.07 Å². The zero-order chi connectivity index (χ0) is 16.7. The smallest absolute Gasteiger partial charge is 0.415 e. The van der Waals surface area contributed by atoms with E-state index in [0.717, 1.165) is 10.5 Å². The lowest BCUT2D eigenvalue weighted by Crippen LogP contribution is -2.36. The summed E-state index contributed by atoms with van der Waals surface area (Å²) >= 11 is 0. The Morgan fingerprint density at radius 1 is 1.13 bits per heavy atom. The van der Waals surface area contributed by atoms with Gasteiger partial charge in [0.25, 0.3) is 0 Å². The molecule has 23 heavy (non-hydrogen) atoms. The van der Waals surface area contributed by atoms with Gasteiger partial charge >= 0.3 is 12.1 Å². The molecule has 2 rings (SSSR count). The number of amides is 1. The van der Waals surface area contributed by atoms with Crippen LogP contribution in [0.4, 0.5) is 10.5 Å². The summed E-state index contributed by atoms with van der Waals surface area (Å²) in [6, 6.07) is 17.1. The number of nitriles is 1. The zero-order valence-electron chi connectivity index (χ0n) is 12.2. The number of carbonyl (C=O) groups excluding carboxylic acids is 1. The first-order valence-electron chi connectivity index (χ1n) is 6.80. The van der Waals surface area contributed by atoms with Gasteiger partial charge in [0.15, 0.2) is 0 Å². The molecule has 6 nitrogen and oxygen atoms in total. The number of anilines is 1. The van der Waals surface area contributed by atoms with Crippen LogP contribution in [0.2, 0.25) is 0 Å². The van der Waals surface area contributed by atoms with Gasteiger partial charge in [-0.05, 0) is 23.8 Å². The van der Waals surface area contributed by atoms with Crippen molar-refractivity contribution in [3.63, 3.8) is 0 Å². The van der Waals surface area contributed by atoms with E-state index in [4.69, 9.17) is 15.1 Å². The number of aliphatic carboxylic acids is 1. The number of nitrogens with zero attached hydrogens (tertiary/aromatic N) is 2. The fourth-order valence-electron chi connectivity index (χ4n) is 1.94. The van der Waals surface area contributed by atoms with Gasteiger partial charge in [-0.3, -0.25) is 9.69 Å². The van der Waals surface area contributed by atoms with Crippen LogP contribution >= 0.6 is 0 Å². The van der Waals surface area contributed by atoms with E-state index >= 15 is 0 Å². The first-order chi connectivity index (χ1) is 11.1. The van der Waals surface area contributed by atoms with Crippen molar-refractivity contribution < 1.29 is 19.4 Å². The Hall–Kier alpha value is -3.33. The molecule has 6 heteroatoms. The van der Waals surface area contributed by atoms with Crippen LogP contribution in [0.5, 0.6) is 0 Å². The molecular weight excluding hydrogens is 296 g/mol. The second kappa shape index (κ2) is 7.61. The van der Waals surface area contributed by atoms with Crippen LogP contribution in [0.1, 0.15) is 11.1 Å². The summed E-state index contributed by atoms with van der Waals surface area (Å²) in [4.78, 5) is 24.2. The van der Waals surface area contributed by atoms with Gasteiger partial charge in [0, 0.05) is 5.69 Å². The molecule has 2 aromatic rings. The molecule has 0 heterocycles. The summed E-state index contributed by atoms with van der Waals surface area (Å²) in [5.41, 5.74) is 1.42. The molecule has 0 aliphatic heterocycles.